The van der Waals surface area contributed by atoms with Gasteiger partial charge in [-0.25, -0.2) is 4.98 Å². The van der Waals surface area contributed by atoms with E-state index in [0.717, 1.165) is 10.4 Å². The normalized spacial score (nSPS) is 10.6. The molecule has 0 saturated heterocycles. The Kier molecular flexibility index (Phi) is 2.87. The van der Waals surface area contributed by atoms with Crippen molar-refractivity contribution in [3.05, 3.63) is 33.1 Å². The molecule has 2 rings (SSSR count). The molecular formula is C10H8Cl2N2S. The van der Waals surface area contributed by atoms with Crippen LogP contribution in [-0.2, 0) is 0 Å². The molecule has 0 aromatic carbocycles. The molecule has 15 heavy (non-hydrogen) atoms. The predicted molar refractivity (Wildman–Crippen MR) is 66.7 cm³/mol. The minimum absolute atomic E-state index is 0.309. The highest BCUT2D eigenvalue weighted by Gasteiger charge is 2.12. The second-order valence-corrected chi connectivity index (χ2v) is 4.85. The maximum Gasteiger partial charge on any atom is 0.143 e. The van der Waals surface area contributed by atoms with E-state index in [1.165, 1.54) is 0 Å². The van der Waals surface area contributed by atoms with Crippen LogP contribution < -0.4 is 5.73 Å². The quantitative estimate of drug-likeness (QED) is 0.840. The van der Waals surface area contributed by atoms with E-state index in [2.05, 4.69) is 4.98 Å². The third-order valence-corrected chi connectivity index (χ3v) is 3.65. The van der Waals surface area contributed by atoms with Crippen molar-refractivity contribution in [2.75, 3.05) is 5.73 Å². The van der Waals surface area contributed by atoms with Crippen molar-refractivity contribution in [1.29, 1.82) is 0 Å². The Labute approximate surface area is 102 Å². The molecule has 2 aromatic rings. The molecule has 2 N–H and O–H groups in total. The lowest BCUT2D eigenvalue weighted by Crippen LogP contribution is -1.94. The van der Waals surface area contributed by atoms with Crippen molar-refractivity contribution in [2.45, 2.75) is 6.92 Å². The molecule has 5 heteroatoms. The third-order valence-electron chi connectivity index (χ3n) is 2.03. The Morgan fingerprint density at radius 2 is 2.07 bits per heavy atom. The number of hydrogen-bond acceptors (Lipinski definition) is 3. The summed E-state index contributed by atoms with van der Waals surface area (Å²) >= 11 is 13.5. The number of aromatic nitrogens is 1. The summed E-state index contributed by atoms with van der Waals surface area (Å²) in [6.45, 7) is 2.01. The monoisotopic (exact) mass is 258 g/mol. The Balaban J connectivity index is 2.64. The van der Waals surface area contributed by atoms with Gasteiger partial charge in [-0.2, -0.15) is 0 Å². The molecule has 0 unspecified atom stereocenters. The van der Waals surface area contributed by atoms with Crippen LogP contribution in [0.1, 0.15) is 5.56 Å². The van der Waals surface area contributed by atoms with Crippen LogP contribution in [0, 0.1) is 6.92 Å². The van der Waals surface area contributed by atoms with E-state index >= 15 is 0 Å². The highest BCUT2D eigenvalue weighted by Crippen LogP contribution is 2.35. The molecule has 0 aliphatic rings. The topological polar surface area (TPSA) is 38.9 Å². The van der Waals surface area contributed by atoms with Gasteiger partial charge in [-0.1, -0.05) is 23.2 Å². The second kappa shape index (κ2) is 4.00. The molecule has 0 bridgehead atoms. The zero-order valence-electron chi connectivity index (χ0n) is 7.92. The maximum atomic E-state index is 6.07. The number of halogens is 2. The number of nitrogen functional groups attached to an aromatic ring is 1. The molecule has 0 radical (unpaired) electrons. The average Bonchev–Trinajstić information content (AvgIpc) is 2.58. The van der Waals surface area contributed by atoms with Gasteiger partial charge in [-0.05, 0) is 30.0 Å². The first-order chi connectivity index (χ1) is 7.09. The molecule has 0 fully saturated rings. The number of thiophene rings is 1. The van der Waals surface area contributed by atoms with E-state index in [4.69, 9.17) is 28.9 Å². The Hall–Kier alpha value is -0.770. The number of anilines is 1. The first-order valence-electron chi connectivity index (χ1n) is 4.25. The van der Waals surface area contributed by atoms with Crippen LogP contribution in [0.25, 0.3) is 10.6 Å². The summed E-state index contributed by atoms with van der Waals surface area (Å²) in [5.41, 5.74) is 7.48. The Morgan fingerprint density at radius 1 is 1.33 bits per heavy atom. The summed E-state index contributed by atoms with van der Waals surface area (Å²) in [5.74, 6) is 0.309. The SMILES string of the molecule is Cc1ccsc1-c1nc(N)c(Cl)cc1Cl. The molecule has 2 nitrogen and oxygen atoms in total. The van der Waals surface area contributed by atoms with Crippen molar-refractivity contribution in [3.63, 3.8) is 0 Å². The number of rotatable bonds is 1. The third kappa shape index (κ3) is 1.95. The van der Waals surface area contributed by atoms with Crippen molar-refractivity contribution >= 4 is 40.4 Å². The van der Waals surface area contributed by atoms with Gasteiger partial charge in [0.05, 0.1) is 14.9 Å². The van der Waals surface area contributed by atoms with Crippen LogP contribution in [0.3, 0.4) is 0 Å². The number of hydrogen-bond donors (Lipinski definition) is 1. The lowest BCUT2D eigenvalue weighted by atomic mass is 10.2. The molecule has 0 spiro atoms. The van der Waals surface area contributed by atoms with Crippen LogP contribution in [0.2, 0.25) is 10.0 Å². The molecule has 78 valence electrons. The van der Waals surface area contributed by atoms with Crippen LogP contribution in [0.5, 0.6) is 0 Å². The minimum atomic E-state index is 0.309. The van der Waals surface area contributed by atoms with E-state index in [1.807, 2.05) is 18.4 Å². The van der Waals surface area contributed by atoms with Gasteiger partial charge in [-0.15, -0.1) is 11.3 Å². The second-order valence-electron chi connectivity index (χ2n) is 3.12. The van der Waals surface area contributed by atoms with Gasteiger partial charge < -0.3 is 5.73 Å². The van der Waals surface area contributed by atoms with E-state index in [9.17, 15) is 0 Å². The number of aryl methyl sites for hydroxylation is 1. The highest BCUT2D eigenvalue weighted by molar-refractivity contribution is 7.13. The van der Waals surface area contributed by atoms with Gasteiger partial charge in [0, 0.05) is 0 Å². The van der Waals surface area contributed by atoms with Gasteiger partial charge in [-0.3, -0.25) is 0 Å². The van der Waals surface area contributed by atoms with Crippen LogP contribution in [-0.4, -0.2) is 4.98 Å². The minimum Gasteiger partial charge on any atom is -0.382 e. The van der Waals surface area contributed by atoms with E-state index in [-0.39, 0.29) is 0 Å². The fraction of sp³-hybridized carbons (Fsp3) is 0.100. The average molecular weight is 259 g/mol. The van der Waals surface area contributed by atoms with E-state index < -0.39 is 0 Å². The van der Waals surface area contributed by atoms with E-state index in [0.29, 0.717) is 21.6 Å². The van der Waals surface area contributed by atoms with Crippen molar-refractivity contribution < 1.29 is 0 Å². The molecule has 0 saturated carbocycles. The van der Waals surface area contributed by atoms with E-state index in [1.54, 1.807) is 17.4 Å². The summed E-state index contributed by atoms with van der Waals surface area (Å²) in [5, 5.41) is 2.91. The standard InChI is InChI=1S/C10H8Cl2N2S/c1-5-2-3-15-9(5)8-6(11)4-7(12)10(13)14-8/h2-4H,1H3,(H2,13,14). The zero-order chi connectivity index (χ0) is 11.0. The van der Waals surface area contributed by atoms with Crippen LogP contribution in [0.15, 0.2) is 17.5 Å². The van der Waals surface area contributed by atoms with Gasteiger partial charge in [0.2, 0.25) is 0 Å². The number of pyridine rings is 1. The predicted octanol–water partition coefficient (Wildman–Crippen LogP) is 4.01. The Morgan fingerprint density at radius 3 is 2.67 bits per heavy atom. The fourth-order valence-electron chi connectivity index (χ4n) is 1.26. The first kappa shape index (κ1) is 10.7. The summed E-state index contributed by atoms with van der Waals surface area (Å²) in [7, 11) is 0. The van der Waals surface area contributed by atoms with Crippen LogP contribution >= 0.6 is 34.5 Å². The first-order valence-corrected chi connectivity index (χ1v) is 5.89. The lowest BCUT2D eigenvalue weighted by Gasteiger charge is -2.05. The molecular weight excluding hydrogens is 251 g/mol. The Bertz CT molecular complexity index is 508. The smallest absolute Gasteiger partial charge is 0.143 e. The van der Waals surface area contributed by atoms with Crippen molar-refractivity contribution in [3.8, 4) is 10.6 Å². The van der Waals surface area contributed by atoms with Crippen molar-refractivity contribution in [1.82, 2.24) is 4.98 Å². The number of nitrogens with zero attached hydrogens (tertiary/aromatic N) is 1. The molecule has 0 amide bonds. The summed E-state index contributed by atoms with van der Waals surface area (Å²) < 4.78 is 0. The summed E-state index contributed by atoms with van der Waals surface area (Å²) in [6, 6.07) is 3.64. The van der Waals surface area contributed by atoms with Gasteiger partial charge >= 0.3 is 0 Å². The number of nitrogens with two attached hydrogens (primary N) is 1. The fourth-order valence-corrected chi connectivity index (χ4v) is 2.69. The molecule has 0 atom stereocenters. The molecule has 2 aromatic heterocycles. The molecule has 0 aliphatic heterocycles. The maximum absolute atomic E-state index is 6.07. The zero-order valence-corrected chi connectivity index (χ0v) is 10.2. The van der Waals surface area contributed by atoms with Crippen LogP contribution in [0.4, 0.5) is 5.82 Å². The van der Waals surface area contributed by atoms with Gasteiger partial charge in [0.1, 0.15) is 11.5 Å². The lowest BCUT2D eigenvalue weighted by molar-refractivity contribution is 1.33. The highest BCUT2D eigenvalue weighted by atomic mass is 35.5. The summed E-state index contributed by atoms with van der Waals surface area (Å²) in [6.07, 6.45) is 0. The molecule has 2 heterocycles. The van der Waals surface area contributed by atoms with Gasteiger partial charge in [0.15, 0.2) is 0 Å². The van der Waals surface area contributed by atoms with Crippen molar-refractivity contribution in [2.24, 2.45) is 0 Å². The van der Waals surface area contributed by atoms with Gasteiger partial charge in [0.25, 0.3) is 0 Å². The largest absolute Gasteiger partial charge is 0.382 e. The summed E-state index contributed by atoms with van der Waals surface area (Å²) in [4.78, 5) is 5.23. The molecule has 0 aliphatic carbocycles.